The Balaban J connectivity index is 2.71. The highest BCUT2D eigenvalue weighted by molar-refractivity contribution is 6.03. The number of aliphatic hydroxyl groups is 1. The Labute approximate surface area is 70.1 Å². The van der Waals surface area contributed by atoms with Crippen molar-refractivity contribution in [2.24, 2.45) is 11.7 Å². The number of nitrogens with two attached hydrogens (primary N) is 1. The molecule has 2 amide bonds. The van der Waals surface area contributed by atoms with E-state index < -0.39 is 12.0 Å². The highest BCUT2D eigenvalue weighted by Crippen LogP contribution is 2.19. The standard InChI is InChI=1S/C7H12N2O3/c1-9-6(11)2-4(7(9)12)5(8)3-10/h4-5,10H,2-3,8H2,1H3. The molecule has 1 saturated heterocycles. The molecular weight excluding hydrogens is 160 g/mol. The molecule has 0 aromatic carbocycles. The van der Waals surface area contributed by atoms with Gasteiger partial charge >= 0.3 is 0 Å². The van der Waals surface area contributed by atoms with Crippen LogP contribution in [0, 0.1) is 5.92 Å². The topological polar surface area (TPSA) is 83.6 Å². The first kappa shape index (κ1) is 9.15. The largest absolute Gasteiger partial charge is 0.395 e. The van der Waals surface area contributed by atoms with E-state index in [0.717, 1.165) is 4.90 Å². The molecule has 1 rings (SSSR count). The van der Waals surface area contributed by atoms with Gasteiger partial charge in [0.25, 0.3) is 0 Å². The predicted molar refractivity (Wildman–Crippen MR) is 40.9 cm³/mol. The molecule has 2 atom stereocenters. The molecule has 1 fully saturated rings. The number of amides is 2. The van der Waals surface area contributed by atoms with Gasteiger partial charge in [-0.15, -0.1) is 0 Å². The molecule has 0 aromatic heterocycles. The Hall–Kier alpha value is -0.940. The summed E-state index contributed by atoms with van der Waals surface area (Å²) in [5, 5.41) is 8.68. The maximum absolute atomic E-state index is 11.2. The van der Waals surface area contributed by atoms with E-state index in [1.807, 2.05) is 0 Å². The lowest BCUT2D eigenvalue weighted by Gasteiger charge is -2.13. The van der Waals surface area contributed by atoms with E-state index in [-0.39, 0.29) is 24.8 Å². The molecule has 0 spiro atoms. The lowest BCUT2D eigenvalue weighted by atomic mass is 10.00. The zero-order chi connectivity index (χ0) is 9.30. The summed E-state index contributed by atoms with van der Waals surface area (Å²) in [7, 11) is 1.43. The van der Waals surface area contributed by atoms with E-state index in [0.29, 0.717) is 0 Å². The van der Waals surface area contributed by atoms with Gasteiger partial charge in [0.2, 0.25) is 11.8 Å². The van der Waals surface area contributed by atoms with Crippen LogP contribution in [0.25, 0.3) is 0 Å². The number of carbonyl (C=O) groups is 2. The minimum absolute atomic E-state index is 0.122. The summed E-state index contributed by atoms with van der Waals surface area (Å²) < 4.78 is 0. The maximum atomic E-state index is 11.2. The van der Waals surface area contributed by atoms with E-state index in [1.165, 1.54) is 7.05 Å². The van der Waals surface area contributed by atoms with Crippen LogP contribution in [-0.2, 0) is 9.59 Å². The summed E-state index contributed by atoms with van der Waals surface area (Å²) in [4.78, 5) is 23.3. The van der Waals surface area contributed by atoms with Crippen LogP contribution in [0.15, 0.2) is 0 Å². The van der Waals surface area contributed by atoms with Crippen LogP contribution in [0.5, 0.6) is 0 Å². The normalized spacial score (nSPS) is 26.6. The molecule has 1 aliphatic rings. The van der Waals surface area contributed by atoms with Gasteiger partial charge in [0.15, 0.2) is 0 Å². The molecule has 5 nitrogen and oxygen atoms in total. The number of carbonyl (C=O) groups excluding carboxylic acids is 2. The van der Waals surface area contributed by atoms with Crippen molar-refractivity contribution in [3.05, 3.63) is 0 Å². The lowest BCUT2D eigenvalue weighted by molar-refractivity contribution is -0.137. The third-order valence-electron chi connectivity index (χ3n) is 2.14. The third-order valence-corrected chi connectivity index (χ3v) is 2.14. The summed E-state index contributed by atoms with van der Waals surface area (Å²) >= 11 is 0. The number of hydrogen-bond acceptors (Lipinski definition) is 4. The van der Waals surface area contributed by atoms with Crippen LogP contribution in [0.3, 0.4) is 0 Å². The Morgan fingerprint density at radius 2 is 2.33 bits per heavy atom. The summed E-state index contributed by atoms with van der Waals surface area (Å²) in [5.74, 6) is -1.05. The van der Waals surface area contributed by atoms with Gasteiger partial charge in [-0.25, -0.2) is 0 Å². The smallest absolute Gasteiger partial charge is 0.234 e. The SMILES string of the molecule is CN1C(=O)CC(C(N)CO)C1=O. The quantitative estimate of drug-likeness (QED) is 0.487. The molecule has 1 heterocycles. The van der Waals surface area contributed by atoms with E-state index in [4.69, 9.17) is 10.8 Å². The van der Waals surface area contributed by atoms with Crippen LogP contribution in [0.2, 0.25) is 0 Å². The molecule has 68 valence electrons. The van der Waals surface area contributed by atoms with Gasteiger partial charge in [0, 0.05) is 19.5 Å². The molecule has 3 N–H and O–H groups in total. The molecular formula is C7H12N2O3. The number of hydrogen-bond donors (Lipinski definition) is 2. The second kappa shape index (κ2) is 3.20. The van der Waals surface area contributed by atoms with Crippen LogP contribution >= 0.6 is 0 Å². The molecule has 0 bridgehead atoms. The molecule has 2 unspecified atom stereocenters. The van der Waals surface area contributed by atoms with Crippen molar-refractivity contribution in [2.45, 2.75) is 12.5 Å². The Morgan fingerprint density at radius 1 is 1.75 bits per heavy atom. The van der Waals surface area contributed by atoms with Crippen molar-refractivity contribution >= 4 is 11.8 Å². The highest BCUT2D eigenvalue weighted by atomic mass is 16.3. The fourth-order valence-corrected chi connectivity index (χ4v) is 1.25. The van der Waals surface area contributed by atoms with Crippen LogP contribution in [0.4, 0.5) is 0 Å². The van der Waals surface area contributed by atoms with Gasteiger partial charge in [-0.2, -0.15) is 0 Å². The zero-order valence-corrected chi connectivity index (χ0v) is 6.86. The average Bonchev–Trinajstić information content (AvgIpc) is 2.32. The number of imide groups is 1. The molecule has 0 aliphatic carbocycles. The first-order valence-corrected chi connectivity index (χ1v) is 3.74. The highest BCUT2D eigenvalue weighted by Gasteiger charge is 2.39. The van der Waals surface area contributed by atoms with Crippen LogP contribution in [0.1, 0.15) is 6.42 Å². The third kappa shape index (κ3) is 1.33. The number of likely N-dealkylation sites (tertiary alicyclic amines) is 1. The van der Waals surface area contributed by atoms with Gasteiger partial charge < -0.3 is 10.8 Å². The monoisotopic (exact) mass is 172 g/mol. The summed E-state index contributed by atoms with van der Waals surface area (Å²) in [5.41, 5.74) is 5.44. The van der Waals surface area contributed by atoms with Crippen molar-refractivity contribution in [3.8, 4) is 0 Å². The van der Waals surface area contributed by atoms with Crippen molar-refractivity contribution in [3.63, 3.8) is 0 Å². The Morgan fingerprint density at radius 3 is 2.67 bits per heavy atom. The van der Waals surface area contributed by atoms with Crippen molar-refractivity contribution in [1.29, 1.82) is 0 Å². The average molecular weight is 172 g/mol. The summed E-state index contributed by atoms with van der Waals surface area (Å²) in [6, 6.07) is -0.619. The van der Waals surface area contributed by atoms with E-state index in [2.05, 4.69) is 0 Å². The second-order valence-corrected chi connectivity index (χ2v) is 2.95. The summed E-state index contributed by atoms with van der Waals surface area (Å²) in [6.07, 6.45) is 0.122. The minimum Gasteiger partial charge on any atom is -0.395 e. The molecule has 5 heteroatoms. The second-order valence-electron chi connectivity index (χ2n) is 2.95. The molecule has 12 heavy (non-hydrogen) atoms. The maximum Gasteiger partial charge on any atom is 0.234 e. The number of nitrogens with zero attached hydrogens (tertiary/aromatic N) is 1. The summed E-state index contributed by atoms with van der Waals surface area (Å²) in [6.45, 7) is -0.266. The first-order valence-electron chi connectivity index (χ1n) is 3.74. The van der Waals surface area contributed by atoms with Gasteiger partial charge in [-0.1, -0.05) is 0 Å². The van der Waals surface area contributed by atoms with Crippen LogP contribution in [-0.4, -0.2) is 41.5 Å². The van der Waals surface area contributed by atoms with E-state index >= 15 is 0 Å². The Kier molecular flexibility index (Phi) is 2.44. The zero-order valence-electron chi connectivity index (χ0n) is 6.86. The van der Waals surface area contributed by atoms with Crippen molar-refractivity contribution in [2.75, 3.05) is 13.7 Å². The Bertz CT molecular complexity index is 217. The first-order chi connectivity index (χ1) is 5.57. The van der Waals surface area contributed by atoms with Crippen LogP contribution < -0.4 is 5.73 Å². The van der Waals surface area contributed by atoms with Gasteiger partial charge in [-0.05, 0) is 0 Å². The van der Waals surface area contributed by atoms with Gasteiger partial charge in [0.1, 0.15) is 0 Å². The van der Waals surface area contributed by atoms with Crippen molar-refractivity contribution < 1.29 is 14.7 Å². The molecule has 0 aromatic rings. The van der Waals surface area contributed by atoms with Gasteiger partial charge in [0.05, 0.1) is 12.5 Å². The van der Waals surface area contributed by atoms with Crippen molar-refractivity contribution in [1.82, 2.24) is 4.90 Å². The lowest BCUT2D eigenvalue weighted by Crippen LogP contribution is -2.38. The van der Waals surface area contributed by atoms with E-state index in [1.54, 1.807) is 0 Å². The fourth-order valence-electron chi connectivity index (χ4n) is 1.25. The molecule has 0 radical (unpaired) electrons. The predicted octanol–water partition coefficient (Wildman–Crippen LogP) is -1.69. The number of aliphatic hydroxyl groups excluding tert-OH is 1. The molecule has 1 aliphatic heterocycles. The minimum atomic E-state index is -0.619. The number of rotatable bonds is 2. The van der Waals surface area contributed by atoms with Gasteiger partial charge in [-0.3, -0.25) is 14.5 Å². The fraction of sp³-hybridized carbons (Fsp3) is 0.714. The van der Waals surface area contributed by atoms with E-state index in [9.17, 15) is 9.59 Å². The molecule has 0 saturated carbocycles.